The molecule has 174 valence electrons. The Kier molecular flexibility index (Phi) is 7.18. The van der Waals surface area contributed by atoms with Gasteiger partial charge in [0.2, 0.25) is 11.8 Å². The second kappa shape index (κ2) is 9.68. The third-order valence-electron chi connectivity index (χ3n) is 5.67. The standard InChI is InChI=1S/C23H34N6O3/c1-14-7-8-16-17(11-14)29(10-6-5-9-24)28-19(16)21(31)27-20(23(2,3)4)22(32)26-15-12-18(30)25-13-15/h7-8,11,15,20H,5-6,9-10,12-13,24H2,1-4H3,(H,25,30)(H,26,32)(H,27,31). The van der Waals surface area contributed by atoms with Crippen molar-refractivity contribution in [2.24, 2.45) is 11.1 Å². The quantitative estimate of drug-likeness (QED) is 0.457. The van der Waals surface area contributed by atoms with Crippen molar-refractivity contribution < 1.29 is 14.4 Å². The molecule has 9 heteroatoms. The molecule has 0 bridgehead atoms. The van der Waals surface area contributed by atoms with Crippen LogP contribution in [0.15, 0.2) is 18.2 Å². The van der Waals surface area contributed by atoms with Crippen molar-refractivity contribution in [1.29, 1.82) is 0 Å². The first-order chi connectivity index (χ1) is 15.1. The fraction of sp³-hybridized carbons (Fsp3) is 0.565. The second-order valence-corrected chi connectivity index (χ2v) is 9.57. The van der Waals surface area contributed by atoms with Crippen LogP contribution in [0.5, 0.6) is 0 Å². The Morgan fingerprint density at radius 1 is 1.31 bits per heavy atom. The summed E-state index contributed by atoms with van der Waals surface area (Å²) in [6.07, 6.45) is 1.98. The summed E-state index contributed by atoms with van der Waals surface area (Å²) in [5, 5.41) is 13.8. The largest absolute Gasteiger partial charge is 0.354 e. The van der Waals surface area contributed by atoms with Crippen molar-refractivity contribution in [3.63, 3.8) is 0 Å². The minimum absolute atomic E-state index is 0.0893. The Morgan fingerprint density at radius 2 is 2.06 bits per heavy atom. The van der Waals surface area contributed by atoms with Crippen LogP contribution in [-0.4, -0.2) is 52.7 Å². The zero-order valence-corrected chi connectivity index (χ0v) is 19.3. The highest BCUT2D eigenvalue weighted by molar-refractivity contribution is 6.06. The van der Waals surface area contributed by atoms with Gasteiger partial charge in [-0.3, -0.25) is 19.1 Å². The van der Waals surface area contributed by atoms with Crippen molar-refractivity contribution in [3.05, 3.63) is 29.5 Å². The molecule has 2 atom stereocenters. The molecule has 2 heterocycles. The number of aryl methyl sites for hydroxylation is 2. The fourth-order valence-electron chi connectivity index (χ4n) is 3.89. The van der Waals surface area contributed by atoms with Crippen molar-refractivity contribution >= 4 is 28.6 Å². The second-order valence-electron chi connectivity index (χ2n) is 9.57. The summed E-state index contributed by atoms with van der Waals surface area (Å²) in [5.41, 5.74) is 7.35. The van der Waals surface area contributed by atoms with Gasteiger partial charge in [-0.2, -0.15) is 5.10 Å². The lowest BCUT2D eigenvalue weighted by molar-refractivity contribution is -0.126. The molecule has 2 unspecified atom stereocenters. The van der Waals surface area contributed by atoms with Gasteiger partial charge < -0.3 is 21.7 Å². The van der Waals surface area contributed by atoms with Crippen molar-refractivity contribution in [1.82, 2.24) is 25.7 Å². The van der Waals surface area contributed by atoms with Gasteiger partial charge in [0.25, 0.3) is 5.91 Å². The topological polar surface area (TPSA) is 131 Å². The zero-order chi connectivity index (χ0) is 23.5. The van der Waals surface area contributed by atoms with E-state index < -0.39 is 17.4 Å². The van der Waals surface area contributed by atoms with Crippen LogP contribution >= 0.6 is 0 Å². The molecule has 0 radical (unpaired) electrons. The number of nitrogens with zero attached hydrogens (tertiary/aromatic N) is 2. The molecule has 0 aliphatic carbocycles. The minimum Gasteiger partial charge on any atom is -0.354 e. The van der Waals surface area contributed by atoms with Gasteiger partial charge in [0.05, 0.1) is 11.6 Å². The average Bonchev–Trinajstić information content (AvgIpc) is 3.28. The first kappa shape index (κ1) is 23.7. The molecule has 1 aromatic heterocycles. The van der Waals surface area contributed by atoms with E-state index in [1.165, 1.54) is 0 Å². The lowest BCUT2D eigenvalue weighted by Gasteiger charge is -2.31. The van der Waals surface area contributed by atoms with Crippen LogP contribution in [0.2, 0.25) is 0 Å². The molecule has 3 amide bonds. The summed E-state index contributed by atoms with van der Waals surface area (Å²) >= 11 is 0. The number of fused-ring (bicyclic) bond motifs is 1. The molecule has 1 saturated heterocycles. The lowest BCUT2D eigenvalue weighted by atomic mass is 9.85. The van der Waals surface area contributed by atoms with E-state index in [9.17, 15) is 14.4 Å². The predicted octanol–water partition coefficient (Wildman–Crippen LogP) is 1.23. The van der Waals surface area contributed by atoms with Gasteiger partial charge in [-0.1, -0.05) is 32.9 Å². The zero-order valence-electron chi connectivity index (χ0n) is 19.3. The molecule has 1 fully saturated rings. The Labute approximate surface area is 188 Å². The fourth-order valence-corrected chi connectivity index (χ4v) is 3.89. The molecule has 0 saturated carbocycles. The van der Waals surface area contributed by atoms with E-state index in [2.05, 4.69) is 21.0 Å². The van der Waals surface area contributed by atoms with Crippen molar-refractivity contribution in [3.8, 4) is 0 Å². The molecular formula is C23H34N6O3. The van der Waals surface area contributed by atoms with E-state index in [1.54, 1.807) is 0 Å². The first-order valence-corrected chi connectivity index (χ1v) is 11.2. The summed E-state index contributed by atoms with van der Waals surface area (Å²) in [6.45, 7) is 9.34. The lowest BCUT2D eigenvalue weighted by Crippen LogP contribution is -2.55. The Balaban J connectivity index is 1.84. The number of nitrogens with two attached hydrogens (primary N) is 1. The van der Waals surface area contributed by atoms with Crippen LogP contribution in [0.4, 0.5) is 0 Å². The molecule has 5 N–H and O–H groups in total. The van der Waals surface area contributed by atoms with Crippen molar-refractivity contribution in [2.45, 2.75) is 65.6 Å². The van der Waals surface area contributed by atoms with Gasteiger partial charge in [0.1, 0.15) is 6.04 Å². The van der Waals surface area contributed by atoms with Gasteiger partial charge in [-0.15, -0.1) is 0 Å². The monoisotopic (exact) mass is 442 g/mol. The molecule has 1 aromatic carbocycles. The number of benzene rings is 1. The molecule has 3 rings (SSSR count). The first-order valence-electron chi connectivity index (χ1n) is 11.2. The van der Waals surface area contributed by atoms with E-state index in [-0.39, 0.29) is 24.3 Å². The number of unbranched alkanes of at least 4 members (excludes halogenated alkanes) is 1. The Morgan fingerprint density at radius 3 is 2.69 bits per heavy atom. The minimum atomic E-state index is -0.784. The molecular weight excluding hydrogens is 408 g/mol. The molecule has 1 aliphatic rings. The maximum Gasteiger partial charge on any atom is 0.273 e. The highest BCUT2D eigenvalue weighted by atomic mass is 16.2. The Bertz CT molecular complexity index is 1010. The average molecular weight is 443 g/mol. The number of rotatable bonds is 8. The highest BCUT2D eigenvalue weighted by Gasteiger charge is 2.36. The van der Waals surface area contributed by atoms with Gasteiger partial charge in [0, 0.05) is 24.9 Å². The number of hydrogen-bond donors (Lipinski definition) is 4. The summed E-state index contributed by atoms with van der Waals surface area (Å²) in [7, 11) is 0. The molecule has 1 aliphatic heterocycles. The number of hydrogen-bond acceptors (Lipinski definition) is 5. The van der Waals surface area contributed by atoms with Crippen LogP contribution in [0.25, 0.3) is 10.9 Å². The van der Waals surface area contributed by atoms with Gasteiger partial charge >= 0.3 is 0 Å². The number of nitrogens with one attached hydrogen (secondary N) is 3. The maximum absolute atomic E-state index is 13.3. The van der Waals surface area contributed by atoms with E-state index in [0.29, 0.717) is 25.3 Å². The van der Waals surface area contributed by atoms with Crippen LogP contribution in [-0.2, 0) is 16.1 Å². The molecule has 32 heavy (non-hydrogen) atoms. The number of amides is 3. The van der Waals surface area contributed by atoms with Crippen LogP contribution in [0.1, 0.15) is 56.1 Å². The number of carbonyl (C=O) groups is 3. The molecule has 0 spiro atoms. The predicted molar refractivity (Wildman–Crippen MR) is 123 cm³/mol. The van der Waals surface area contributed by atoms with Gasteiger partial charge in [-0.25, -0.2) is 0 Å². The SMILES string of the molecule is Cc1ccc2c(C(=O)NC(C(=O)NC3CNC(=O)C3)C(C)(C)C)nn(CCCCN)c2c1. The number of carbonyl (C=O) groups excluding carboxylic acids is 3. The van der Waals surface area contributed by atoms with Crippen LogP contribution in [0, 0.1) is 12.3 Å². The normalized spacial score (nSPS) is 17.3. The van der Waals surface area contributed by atoms with Crippen LogP contribution in [0.3, 0.4) is 0 Å². The summed E-state index contributed by atoms with van der Waals surface area (Å²) in [4.78, 5) is 37.7. The summed E-state index contributed by atoms with van der Waals surface area (Å²) in [5.74, 6) is -0.796. The van der Waals surface area contributed by atoms with Crippen LogP contribution < -0.4 is 21.7 Å². The maximum atomic E-state index is 13.3. The third kappa shape index (κ3) is 5.45. The van der Waals surface area contributed by atoms with E-state index in [1.807, 2.05) is 50.6 Å². The highest BCUT2D eigenvalue weighted by Crippen LogP contribution is 2.24. The third-order valence-corrected chi connectivity index (χ3v) is 5.67. The summed E-state index contributed by atoms with van der Waals surface area (Å²) < 4.78 is 1.84. The van der Waals surface area contributed by atoms with Gasteiger partial charge in [0.15, 0.2) is 5.69 Å². The summed E-state index contributed by atoms with van der Waals surface area (Å²) in [6, 6.07) is 4.80. The van der Waals surface area contributed by atoms with Crippen molar-refractivity contribution in [2.75, 3.05) is 13.1 Å². The number of aromatic nitrogens is 2. The van der Waals surface area contributed by atoms with E-state index in [0.717, 1.165) is 29.3 Å². The van der Waals surface area contributed by atoms with Gasteiger partial charge in [-0.05, 0) is 43.4 Å². The Hall–Kier alpha value is -2.94. The van der Waals surface area contributed by atoms with E-state index >= 15 is 0 Å². The molecule has 9 nitrogen and oxygen atoms in total. The molecule has 2 aromatic rings. The van der Waals surface area contributed by atoms with E-state index in [4.69, 9.17) is 5.73 Å². The smallest absolute Gasteiger partial charge is 0.273 e.